The summed E-state index contributed by atoms with van der Waals surface area (Å²) in [6, 6.07) is 13.7. The molecule has 0 bridgehead atoms. The summed E-state index contributed by atoms with van der Waals surface area (Å²) in [5.41, 5.74) is 2.35. The molecular formula is C19H23Cl2NO. The molecule has 0 heterocycles. The van der Waals surface area contributed by atoms with Gasteiger partial charge in [0.2, 0.25) is 0 Å². The lowest BCUT2D eigenvalue weighted by molar-refractivity contribution is 0.332. The smallest absolute Gasteiger partial charge is 0.119 e. The summed E-state index contributed by atoms with van der Waals surface area (Å²) in [7, 11) is 0. The van der Waals surface area contributed by atoms with Crippen LogP contribution in [0.2, 0.25) is 10.0 Å². The lowest BCUT2D eigenvalue weighted by Gasteiger charge is -2.23. The highest BCUT2D eigenvalue weighted by Gasteiger charge is 2.17. The fraction of sp³-hybridized carbons (Fsp3) is 0.368. The van der Waals surface area contributed by atoms with Crippen molar-refractivity contribution in [1.29, 1.82) is 0 Å². The van der Waals surface area contributed by atoms with Crippen LogP contribution in [0.5, 0.6) is 5.75 Å². The van der Waals surface area contributed by atoms with Gasteiger partial charge in [0.1, 0.15) is 12.4 Å². The Labute approximate surface area is 148 Å². The number of hydrogen-bond acceptors (Lipinski definition) is 2. The average molecular weight is 352 g/mol. The van der Waals surface area contributed by atoms with Gasteiger partial charge in [-0.15, -0.1) is 0 Å². The van der Waals surface area contributed by atoms with Gasteiger partial charge in [0.15, 0.2) is 0 Å². The van der Waals surface area contributed by atoms with E-state index >= 15 is 0 Å². The van der Waals surface area contributed by atoms with E-state index < -0.39 is 0 Å². The number of rotatable bonds is 7. The minimum absolute atomic E-state index is 0.198. The minimum atomic E-state index is 0.198. The average Bonchev–Trinajstić information content (AvgIpc) is 2.55. The maximum absolute atomic E-state index is 6.10. The van der Waals surface area contributed by atoms with Crippen molar-refractivity contribution in [2.45, 2.75) is 32.6 Å². The molecule has 0 saturated heterocycles. The monoisotopic (exact) mass is 351 g/mol. The second-order valence-electron chi connectivity index (χ2n) is 6.16. The van der Waals surface area contributed by atoms with Gasteiger partial charge >= 0.3 is 0 Å². The van der Waals surface area contributed by atoms with Gasteiger partial charge < -0.3 is 10.1 Å². The first-order valence-corrected chi connectivity index (χ1v) is 8.60. The van der Waals surface area contributed by atoms with Gasteiger partial charge in [-0.1, -0.05) is 56.1 Å². The van der Waals surface area contributed by atoms with Crippen molar-refractivity contribution < 1.29 is 4.74 Å². The third-order valence-electron chi connectivity index (χ3n) is 4.13. The zero-order valence-electron chi connectivity index (χ0n) is 13.8. The Morgan fingerprint density at radius 3 is 2.39 bits per heavy atom. The van der Waals surface area contributed by atoms with E-state index in [4.69, 9.17) is 27.9 Å². The lowest BCUT2D eigenvalue weighted by Crippen LogP contribution is -2.15. The number of hydrogen-bond donors (Lipinski definition) is 1. The molecule has 0 atom stereocenters. The van der Waals surface area contributed by atoms with E-state index in [9.17, 15) is 0 Å². The predicted molar refractivity (Wildman–Crippen MR) is 100 cm³/mol. The lowest BCUT2D eigenvalue weighted by atomic mass is 9.82. The number of halogens is 2. The molecule has 2 rings (SSSR count). The normalized spacial score (nSPS) is 11.3. The third kappa shape index (κ3) is 5.05. The van der Waals surface area contributed by atoms with Crippen molar-refractivity contribution in [2.24, 2.45) is 0 Å². The van der Waals surface area contributed by atoms with Crippen LogP contribution in [0.1, 0.15) is 32.8 Å². The van der Waals surface area contributed by atoms with E-state index in [-0.39, 0.29) is 5.41 Å². The van der Waals surface area contributed by atoms with Crippen molar-refractivity contribution in [1.82, 2.24) is 0 Å². The van der Waals surface area contributed by atoms with Gasteiger partial charge in [-0.05, 0) is 47.7 Å². The van der Waals surface area contributed by atoms with Crippen molar-refractivity contribution in [3.8, 4) is 5.75 Å². The zero-order valence-corrected chi connectivity index (χ0v) is 15.3. The molecule has 0 saturated carbocycles. The summed E-state index contributed by atoms with van der Waals surface area (Å²) in [6.45, 7) is 7.92. The molecule has 0 aliphatic heterocycles. The molecule has 2 aromatic carbocycles. The van der Waals surface area contributed by atoms with E-state index in [1.165, 1.54) is 5.56 Å². The molecule has 0 amide bonds. The predicted octanol–water partition coefficient (Wildman–Crippen LogP) is 6.17. The molecule has 2 nitrogen and oxygen atoms in total. The largest absolute Gasteiger partial charge is 0.492 e. The first-order valence-electron chi connectivity index (χ1n) is 7.84. The van der Waals surface area contributed by atoms with Crippen LogP contribution >= 0.6 is 23.2 Å². The zero-order chi connectivity index (χ0) is 16.9. The topological polar surface area (TPSA) is 21.3 Å². The van der Waals surface area contributed by atoms with Crippen LogP contribution in [0, 0.1) is 0 Å². The highest BCUT2D eigenvalue weighted by molar-refractivity contribution is 6.35. The second-order valence-corrected chi connectivity index (χ2v) is 7.00. The van der Waals surface area contributed by atoms with E-state index in [1.807, 2.05) is 18.2 Å². The summed E-state index contributed by atoms with van der Waals surface area (Å²) < 4.78 is 5.76. The highest BCUT2D eigenvalue weighted by atomic mass is 35.5. The first-order chi connectivity index (χ1) is 10.9. The summed E-state index contributed by atoms with van der Waals surface area (Å²) in [5, 5.41) is 4.54. The van der Waals surface area contributed by atoms with Gasteiger partial charge in [-0.3, -0.25) is 0 Å². The fourth-order valence-electron chi connectivity index (χ4n) is 2.19. The van der Waals surface area contributed by atoms with Crippen LogP contribution in [0.4, 0.5) is 5.69 Å². The second kappa shape index (κ2) is 7.94. The van der Waals surface area contributed by atoms with Crippen LogP contribution in [0.25, 0.3) is 0 Å². The van der Waals surface area contributed by atoms with Gasteiger partial charge in [-0.2, -0.15) is 0 Å². The molecule has 2 aromatic rings. The Morgan fingerprint density at radius 2 is 1.74 bits per heavy atom. The number of benzene rings is 2. The van der Waals surface area contributed by atoms with Crippen LogP contribution in [-0.2, 0) is 5.41 Å². The summed E-state index contributed by atoms with van der Waals surface area (Å²) in [4.78, 5) is 0. The number of ether oxygens (including phenoxy) is 1. The number of nitrogens with one attached hydrogen (secondary N) is 1. The summed E-state index contributed by atoms with van der Waals surface area (Å²) >= 11 is 12.1. The van der Waals surface area contributed by atoms with Crippen LogP contribution in [0.15, 0.2) is 42.5 Å². The van der Waals surface area contributed by atoms with E-state index in [1.54, 1.807) is 12.1 Å². The molecule has 0 fully saturated rings. The molecule has 0 aliphatic rings. The molecule has 0 aromatic heterocycles. The van der Waals surface area contributed by atoms with Crippen molar-refractivity contribution >= 4 is 28.9 Å². The molecule has 124 valence electrons. The maximum Gasteiger partial charge on any atom is 0.119 e. The van der Waals surface area contributed by atoms with Crippen LogP contribution in [0.3, 0.4) is 0 Å². The van der Waals surface area contributed by atoms with E-state index in [0.717, 1.165) is 17.9 Å². The third-order valence-corrected chi connectivity index (χ3v) is 4.70. The maximum atomic E-state index is 6.10. The summed E-state index contributed by atoms with van der Waals surface area (Å²) in [6.07, 6.45) is 1.11. The molecule has 0 spiro atoms. The molecule has 23 heavy (non-hydrogen) atoms. The molecule has 0 aliphatic carbocycles. The Hall–Kier alpha value is -1.38. The molecule has 4 heteroatoms. The standard InChI is InChI=1S/C19H23Cl2NO/c1-4-19(2,3)14-5-8-16(9-6-14)23-12-11-22-18-13-15(20)7-10-17(18)21/h5-10,13,22H,4,11-12H2,1-3H3. The Morgan fingerprint density at radius 1 is 1.04 bits per heavy atom. The molecule has 1 N–H and O–H groups in total. The van der Waals surface area contributed by atoms with Crippen LogP contribution < -0.4 is 10.1 Å². The van der Waals surface area contributed by atoms with Gasteiger partial charge in [-0.25, -0.2) is 0 Å². The van der Waals surface area contributed by atoms with Gasteiger partial charge in [0.05, 0.1) is 10.7 Å². The summed E-state index contributed by atoms with van der Waals surface area (Å²) in [5.74, 6) is 0.875. The van der Waals surface area contributed by atoms with Crippen molar-refractivity contribution in [2.75, 3.05) is 18.5 Å². The first kappa shape index (κ1) is 18.0. The Kier molecular flexibility index (Phi) is 6.20. The molecular weight excluding hydrogens is 329 g/mol. The van der Waals surface area contributed by atoms with Crippen molar-refractivity contribution in [3.63, 3.8) is 0 Å². The molecule has 0 radical (unpaired) electrons. The number of anilines is 1. The van der Waals surface area contributed by atoms with Crippen LogP contribution in [-0.4, -0.2) is 13.2 Å². The van der Waals surface area contributed by atoms with E-state index in [0.29, 0.717) is 23.2 Å². The van der Waals surface area contributed by atoms with Gasteiger partial charge in [0, 0.05) is 11.6 Å². The fourth-order valence-corrected chi connectivity index (χ4v) is 2.55. The SMILES string of the molecule is CCC(C)(C)c1ccc(OCCNc2cc(Cl)ccc2Cl)cc1. The van der Waals surface area contributed by atoms with Crippen molar-refractivity contribution in [3.05, 3.63) is 58.1 Å². The van der Waals surface area contributed by atoms with Gasteiger partial charge in [0.25, 0.3) is 0 Å². The Balaban J connectivity index is 1.84. The Bertz CT molecular complexity index is 638. The minimum Gasteiger partial charge on any atom is -0.492 e. The van der Waals surface area contributed by atoms with E-state index in [2.05, 4.69) is 38.2 Å². The molecule has 0 unspecified atom stereocenters. The highest BCUT2D eigenvalue weighted by Crippen LogP contribution is 2.28. The quantitative estimate of drug-likeness (QED) is 0.602.